The summed E-state index contributed by atoms with van der Waals surface area (Å²) in [6.45, 7) is 8.58. The monoisotopic (exact) mass is 351 g/mol. The first-order valence-electron chi connectivity index (χ1n) is 6.37. The van der Waals surface area contributed by atoms with Crippen LogP contribution in [0.15, 0.2) is 0 Å². The molecule has 0 atom stereocenters. The summed E-state index contributed by atoms with van der Waals surface area (Å²) >= 11 is 0. The zero-order valence-corrected chi connectivity index (χ0v) is 15.4. The molecule has 0 saturated carbocycles. The molecule has 0 saturated heterocycles. The van der Waals surface area contributed by atoms with E-state index in [1.54, 1.807) is 27.7 Å². The number of hydrogen-bond donors (Lipinski definition) is 0. The predicted octanol–water partition coefficient (Wildman–Crippen LogP) is -2.00. The van der Waals surface area contributed by atoms with Crippen molar-refractivity contribution in [2.24, 2.45) is 5.92 Å². The first kappa shape index (κ1) is 29.2. The fraction of sp³-hybridized carbons (Fsp3) is 0.714. The predicted molar refractivity (Wildman–Crippen MR) is 69.8 cm³/mol. The van der Waals surface area contributed by atoms with E-state index >= 15 is 0 Å². The second kappa shape index (κ2) is 16.5. The zero-order chi connectivity index (χ0) is 17.7. The van der Waals surface area contributed by atoms with Gasteiger partial charge in [-0.1, -0.05) is 27.7 Å². The van der Waals surface area contributed by atoms with Crippen LogP contribution >= 0.6 is 0 Å². The summed E-state index contributed by atoms with van der Waals surface area (Å²) in [6, 6.07) is 0. The number of Topliss-reactive ketones (excluding diaryl/α,β-unsaturated/α-hetero) is 3. The largest absolute Gasteiger partial charge is 3.00 e. The van der Waals surface area contributed by atoms with Crippen LogP contribution in [0.4, 0.5) is 0 Å². The van der Waals surface area contributed by atoms with Crippen molar-refractivity contribution in [1.82, 2.24) is 0 Å². The van der Waals surface area contributed by atoms with Crippen molar-refractivity contribution in [2.75, 3.05) is 0 Å². The maximum atomic E-state index is 11.0. The molecule has 8 heteroatoms. The summed E-state index contributed by atoms with van der Waals surface area (Å²) in [5, 5.41) is 29.1. The first-order chi connectivity index (χ1) is 9.32. The van der Waals surface area contributed by atoms with Gasteiger partial charge in [-0.25, -0.2) is 0 Å². The molecule has 1 radical (unpaired) electrons. The van der Waals surface area contributed by atoms with Gasteiger partial charge in [0.2, 0.25) is 0 Å². The van der Waals surface area contributed by atoms with Crippen LogP contribution in [0.1, 0.15) is 48.0 Å². The topological polar surface area (TPSA) is 137 Å². The van der Waals surface area contributed by atoms with Gasteiger partial charge < -0.3 is 20.1 Å². The maximum Gasteiger partial charge on any atom is 3.00 e. The molecule has 0 unspecified atom stereocenters. The number of carbonyl (C=O) groups is 4. The summed E-state index contributed by atoms with van der Waals surface area (Å²) in [5.41, 5.74) is 0. The van der Waals surface area contributed by atoms with Gasteiger partial charge in [-0.05, 0) is 13.8 Å². The number of carboxylic acids is 1. The Bertz CT molecular complexity index is 326. The van der Waals surface area contributed by atoms with Crippen LogP contribution in [-0.4, -0.2) is 35.5 Å². The Morgan fingerprint density at radius 3 is 1.18 bits per heavy atom. The van der Waals surface area contributed by atoms with Gasteiger partial charge in [0, 0.05) is 12.4 Å². The molecule has 7 nitrogen and oxygen atoms in total. The van der Waals surface area contributed by atoms with E-state index in [0.29, 0.717) is 0 Å². The van der Waals surface area contributed by atoms with Gasteiger partial charge in [0.15, 0.2) is 5.78 Å². The van der Waals surface area contributed by atoms with Crippen LogP contribution in [-0.2, 0) is 40.9 Å². The van der Waals surface area contributed by atoms with E-state index in [1.807, 2.05) is 0 Å². The van der Waals surface area contributed by atoms with E-state index < -0.39 is 47.9 Å². The molecule has 125 valence electrons. The van der Waals surface area contributed by atoms with Crippen molar-refractivity contribution in [3.05, 3.63) is 0 Å². The van der Waals surface area contributed by atoms with E-state index in [2.05, 4.69) is 0 Å². The van der Waals surface area contributed by atoms with Crippen LogP contribution in [0.5, 0.6) is 0 Å². The Labute approximate surface area is 146 Å². The fourth-order valence-corrected chi connectivity index (χ4v) is 0.984. The van der Waals surface area contributed by atoms with Gasteiger partial charge in [0.25, 0.3) is 0 Å². The third-order valence-corrected chi connectivity index (χ3v) is 1.45. The van der Waals surface area contributed by atoms with E-state index in [1.165, 1.54) is 0 Å². The number of carbonyl (C=O) groups excluding carboxylic acids is 4. The molecule has 0 rings (SSSR count). The SMILES string of the molecule is CC(=O)C(C(C)=O)C(=O)CC(=O)[O-].CC(C)[O-].CC(C)[O-].[Ti+3]. The molecule has 22 heavy (non-hydrogen) atoms. The summed E-state index contributed by atoms with van der Waals surface area (Å²) in [4.78, 5) is 42.5. The van der Waals surface area contributed by atoms with Crippen LogP contribution in [0.3, 0.4) is 0 Å². The Hall–Kier alpha value is -0.886. The van der Waals surface area contributed by atoms with Crippen molar-refractivity contribution in [3.8, 4) is 0 Å². The average Bonchev–Trinajstić information content (AvgIpc) is 2.11. The number of carboxylic acid groups (broad SMARTS) is 1. The first-order valence-corrected chi connectivity index (χ1v) is 6.37. The van der Waals surface area contributed by atoms with E-state index in [4.69, 9.17) is 0 Å². The van der Waals surface area contributed by atoms with Crippen molar-refractivity contribution in [2.45, 2.75) is 60.2 Å². The van der Waals surface area contributed by atoms with Gasteiger partial charge in [-0.2, -0.15) is 0 Å². The third-order valence-electron chi connectivity index (χ3n) is 1.45. The Balaban J connectivity index is -0.000000150. The number of hydrogen-bond acceptors (Lipinski definition) is 7. The molecule has 0 fully saturated rings. The summed E-state index contributed by atoms with van der Waals surface area (Å²) in [5.74, 6) is -5.23. The molecule has 0 aromatic heterocycles. The van der Waals surface area contributed by atoms with Crippen LogP contribution in [0.2, 0.25) is 0 Å². The molecular formula is C14H23O7Ti. The third kappa shape index (κ3) is 27.5. The van der Waals surface area contributed by atoms with Crippen molar-refractivity contribution in [1.29, 1.82) is 0 Å². The molecule has 0 aliphatic heterocycles. The van der Waals surface area contributed by atoms with Crippen molar-refractivity contribution >= 4 is 23.3 Å². The van der Waals surface area contributed by atoms with Crippen LogP contribution < -0.4 is 15.3 Å². The van der Waals surface area contributed by atoms with Gasteiger partial charge in [-0.3, -0.25) is 14.4 Å². The average molecular weight is 351 g/mol. The molecule has 0 aromatic rings. The molecule has 0 bridgehead atoms. The van der Waals surface area contributed by atoms with Crippen molar-refractivity contribution in [3.63, 3.8) is 0 Å². The van der Waals surface area contributed by atoms with Gasteiger partial charge >= 0.3 is 21.7 Å². The Morgan fingerprint density at radius 2 is 1.05 bits per heavy atom. The zero-order valence-electron chi connectivity index (χ0n) is 13.8. The normalized spacial score (nSPS) is 9.05. The number of ketones is 3. The fourth-order valence-electron chi connectivity index (χ4n) is 0.984. The summed E-state index contributed by atoms with van der Waals surface area (Å²) in [6.07, 6.45) is -1.73. The van der Waals surface area contributed by atoms with E-state index in [-0.39, 0.29) is 21.7 Å². The Morgan fingerprint density at radius 1 is 0.818 bits per heavy atom. The molecule has 0 aromatic carbocycles. The molecule has 0 heterocycles. The second-order valence-electron chi connectivity index (χ2n) is 4.77. The molecule has 0 aliphatic rings. The smallest absolute Gasteiger partial charge is 0.852 e. The van der Waals surface area contributed by atoms with Crippen LogP contribution in [0, 0.1) is 5.92 Å². The van der Waals surface area contributed by atoms with Gasteiger partial charge in [0.1, 0.15) is 17.5 Å². The minimum atomic E-state index is -1.59. The van der Waals surface area contributed by atoms with Gasteiger partial charge in [0.05, 0.1) is 0 Å². The minimum absolute atomic E-state index is 0. The standard InChI is InChI=1S/C8H10O5.2C3H7O.Ti/c1-4(9)8(5(2)10)6(11)3-7(12)13;2*1-3(2)4;/h8H,3H2,1-2H3,(H,12,13);2*3H,1-2H3;/q;2*-1;+3/p-1. The second-order valence-corrected chi connectivity index (χ2v) is 4.77. The molecule has 0 spiro atoms. The van der Waals surface area contributed by atoms with E-state index in [9.17, 15) is 34.5 Å². The molecule has 0 amide bonds. The van der Waals surface area contributed by atoms with Gasteiger partial charge in [-0.15, -0.1) is 12.2 Å². The molecular weight excluding hydrogens is 328 g/mol. The molecule has 0 N–H and O–H groups in total. The maximum absolute atomic E-state index is 11.0. The van der Waals surface area contributed by atoms with Crippen LogP contribution in [0.25, 0.3) is 0 Å². The Kier molecular flexibility index (Phi) is 21.9. The number of aliphatic carboxylic acids is 1. The minimum Gasteiger partial charge on any atom is -0.852 e. The summed E-state index contributed by atoms with van der Waals surface area (Å²) < 4.78 is 0. The number of rotatable bonds is 5. The quantitative estimate of drug-likeness (QED) is 0.412. The van der Waals surface area contributed by atoms with E-state index in [0.717, 1.165) is 13.8 Å². The summed E-state index contributed by atoms with van der Waals surface area (Å²) in [7, 11) is 0. The van der Waals surface area contributed by atoms with Crippen molar-refractivity contribution < 1.29 is 56.2 Å². The molecule has 0 aliphatic carbocycles.